The first-order valence-corrected chi connectivity index (χ1v) is 12.9. The Bertz CT molecular complexity index is 1260. The van der Waals surface area contributed by atoms with Crippen LogP contribution in [0.2, 0.25) is 0 Å². The number of carbonyl (C=O) groups excluding carboxylic acids is 2. The molecular weight excluding hydrogens is 503 g/mol. The minimum Gasteiger partial charge on any atom is -0.374 e. The number of hydrogen-bond donors (Lipinski definition) is 0. The van der Waals surface area contributed by atoms with Gasteiger partial charge in [-0.3, -0.25) is 9.59 Å². The van der Waals surface area contributed by atoms with E-state index in [1.165, 1.54) is 18.2 Å². The minimum absolute atomic E-state index is 0.00451. The number of nitrogens with zero attached hydrogens (tertiary/aromatic N) is 2. The molecule has 0 N–H and O–H groups in total. The van der Waals surface area contributed by atoms with Crippen molar-refractivity contribution >= 4 is 11.7 Å². The van der Waals surface area contributed by atoms with Crippen LogP contribution >= 0.6 is 0 Å². The summed E-state index contributed by atoms with van der Waals surface area (Å²) in [7, 11) is 0. The maximum atomic E-state index is 13.9. The Morgan fingerprint density at radius 2 is 1.82 bits per heavy atom. The highest BCUT2D eigenvalue weighted by Gasteiger charge is 2.47. The Labute approximate surface area is 218 Å². The van der Waals surface area contributed by atoms with Crippen molar-refractivity contribution in [2.45, 2.75) is 51.0 Å². The first-order valence-electron chi connectivity index (χ1n) is 12.9. The van der Waals surface area contributed by atoms with Gasteiger partial charge in [-0.1, -0.05) is 18.2 Å². The third kappa shape index (κ3) is 5.07. The van der Waals surface area contributed by atoms with E-state index in [2.05, 4.69) is 4.90 Å². The van der Waals surface area contributed by atoms with Crippen LogP contribution in [0.25, 0.3) is 0 Å². The molecule has 9 heteroatoms. The van der Waals surface area contributed by atoms with Crippen LogP contribution in [0, 0.1) is 17.7 Å². The molecule has 3 unspecified atom stereocenters. The lowest BCUT2D eigenvalue weighted by atomic mass is 9.78. The molecule has 2 fully saturated rings. The number of fused-ring (bicyclic) bond motifs is 1. The highest BCUT2D eigenvalue weighted by molar-refractivity contribution is 5.92. The van der Waals surface area contributed by atoms with E-state index in [9.17, 15) is 31.5 Å². The van der Waals surface area contributed by atoms with Gasteiger partial charge in [0.05, 0.1) is 17.5 Å². The summed E-state index contributed by atoms with van der Waals surface area (Å²) >= 11 is 0. The number of hydrogen-bond acceptors (Lipinski definition) is 3. The van der Waals surface area contributed by atoms with Gasteiger partial charge in [-0.2, -0.15) is 13.2 Å². The maximum Gasteiger partial charge on any atom is 0.416 e. The van der Waals surface area contributed by atoms with E-state index in [0.29, 0.717) is 32.4 Å². The Morgan fingerprint density at radius 3 is 2.45 bits per heavy atom. The summed E-state index contributed by atoms with van der Waals surface area (Å²) in [5.41, 5.74) is 0.751. The average Bonchev–Trinajstić information content (AvgIpc) is 3.53. The predicted octanol–water partition coefficient (Wildman–Crippen LogP) is 6.19. The van der Waals surface area contributed by atoms with E-state index in [-0.39, 0.29) is 34.7 Å². The molecule has 3 aliphatic rings. The number of amides is 1. The Hall–Kier alpha value is -3.23. The molecule has 2 aliphatic heterocycles. The molecule has 0 saturated carbocycles. The molecule has 0 radical (unpaired) electrons. The summed E-state index contributed by atoms with van der Waals surface area (Å²) < 4.78 is 67.6. The monoisotopic (exact) mass is 532 g/mol. The lowest BCUT2D eigenvalue weighted by molar-refractivity contribution is -0.140. The van der Waals surface area contributed by atoms with Crippen LogP contribution in [-0.4, -0.2) is 41.1 Å². The van der Waals surface area contributed by atoms with Gasteiger partial charge >= 0.3 is 6.18 Å². The Kier molecular flexibility index (Phi) is 7.05. The van der Waals surface area contributed by atoms with Crippen molar-refractivity contribution in [1.29, 1.82) is 0 Å². The van der Waals surface area contributed by atoms with Crippen LogP contribution in [0.15, 0.2) is 54.2 Å². The summed E-state index contributed by atoms with van der Waals surface area (Å²) in [5.74, 6) is -1.34. The van der Waals surface area contributed by atoms with E-state index in [4.69, 9.17) is 0 Å². The summed E-state index contributed by atoms with van der Waals surface area (Å²) in [5, 5.41) is 0. The second kappa shape index (κ2) is 10.2. The molecule has 202 valence electrons. The number of piperidine rings is 1. The first-order chi connectivity index (χ1) is 18.0. The smallest absolute Gasteiger partial charge is 0.374 e. The largest absolute Gasteiger partial charge is 0.416 e. The number of carbonyl (C=O) groups is 2. The zero-order chi connectivity index (χ0) is 27.2. The van der Waals surface area contributed by atoms with Crippen molar-refractivity contribution in [3.05, 3.63) is 82.3 Å². The molecular formula is C29H29F5N2O2. The first kappa shape index (κ1) is 26.4. The second-order valence-electron chi connectivity index (χ2n) is 10.6. The Balaban J connectivity index is 1.47. The molecule has 1 amide bonds. The fraction of sp³-hybridized carbons (Fsp3) is 0.448. The highest BCUT2D eigenvalue weighted by atomic mass is 19.4. The SMILES string of the molecule is CC(C(=O)N1CCC2CN(C3=CC(=O)CC3)C[C@H]2C1c1ccc(F)cc1)c1cc(CF)cc(C(F)(F)F)c1. The summed E-state index contributed by atoms with van der Waals surface area (Å²) in [6, 6.07) is 8.59. The molecule has 0 spiro atoms. The van der Waals surface area contributed by atoms with Crippen LogP contribution in [0.3, 0.4) is 0 Å². The van der Waals surface area contributed by atoms with Crippen LogP contribution in [0.5, 0.6) is 0 Å². The fourth-order valence-electron chi connectivity index (χ4n) is 6.23. The van der Waals surface area contributed by atoms with Crippen molar-refractivity contribution in [3.63, 3.8) is 0 Å². The van der Waals surface area contributed by atoms with Crippen molar-refractivity contribution < 1.29 is 31.5 Å². The molecule has 2 heterocycles. The van der Waals surface area contributed by atoms with E-state index in [0.717, 1.165) is 29.9 Å². The number of rotatable bonds is 5. The van der Waals surface area contributed by atoms with Crippen LogP contribution in [-0.2, 0) is 22.4 Å². The average molecular weight is 533 g/mol. The molecule has 2 aromatic carbocycles. The van der Waals surface area contributed by atoms with E-state index in [1.54, 1.807) is 30.0 Å². The number of alkyl halides is 4. The number of benzene rings is 2. The third-order valence-electron chi connectivity index (χ3n) is 8.20. The standard InChI is InChI=1S/C29H29F5N2O2/c1-17(21-10-18(14-30)11-22(12-21)29(32,33)34)28(38)36-9-8-20-15-35(24-6-7-25(37)13-24)16-26(20)27(36)19-2-4-23(31)5-3-19/h2-5,10-13,17,20,26-27H,6-9,14-16H2,1H3/t17?,20?,26-,27?/m1/s1. The number of likely N-dealkylation sites (tertiary alicyclic amines) is 2. The van der Waals surface area contributed by atoms with Gasteiger partial charge in [0, 0.05) is 43.7 Å². The maximum absolute atomic E-state index is 13.9. The Morgan fingerprint density at radius 1 is 1.08 bits per heavy atom. The van der Waals surface area contributed by atoms with Crippen molar-refractivity contribution in [3.8, 4) is 0 Å². The van der Waals surface area contributed by atoms with Gasteiger partial charge in [-0.25, -0.2) is 8.78 Å². The van der Waals surface area contributed by atoms with Gasteiger partial charge in [0.25, 0.3) is 0 Å². The quantitative estimate of drug-likeness (QED) is 0.432. The van der Waals surface area contributed by atoms with Crippen molar-refractivity contribution in [1.82, 2.24) is 9.80 Å². The number of ketones is 1. The molecule has 38 heavy (non-hydrogen) atoms. The second-order valence-corrected chi connectivity index (χ2v) is 10.6. The number of allylic oxidation sites excluding steroid dienone is 2. The summed E-state index contributed by atoms with van der Waals surface area (Å²) in [6.45, 7) is 2.25. The highest BCUT2D eigenvalue weighted by Crippen LogP contribution is 2.46. The molecule has 0 bridgehead atoms. The lowest BCUT2D eigenvalue weighted by Crippen LogP contribution is -2.47. The molecule has 0 aromatic heterocycles. The topological polar surface area (TPSA) is 40.6 Å². The zero-order valence-corrected chi connectivity index (χ0v) is 21.0. The lowest BCUT2D eigenvalue weighted by Gasteiger charge is -2.44. The molecule has 4 nitrogen and oxygen atoms in total. The van der Waals surface area contributed by atoms with Gasteiger partial charge < -0.3 is 9.80 Å². The minimum atomic E-state index is -4.67. The molecule has 1 aliphatic carbocycles. The van der Waals surface area contributed by atoms with Gasteiger partial charge in [-0.15, -0.1) is 0 Å². The zero-order valence-electron chi connectivity index (χ0n) is 21.0. The number of halogens is 5. The summed E-state index contributed by atoms with van der Waals surface area (Å²) in [4.78, 5) is 29.6. The van der Waals surface area contributed by atoms with Crippen LogP contribution in [0.4, 0.5) is 22.0 Å². The predicted molar refractivity (Wildman–Crippen MR) is 131 cm³/mol. The molecule has 4 atom stereocenters. The van der Waals surface area contributed by atoms with Gasteiger partial charge in [0.15, 0.2) is 5.78 Å². The van der Waals surface area contributed by atoms with Crippen molar-refractivity contribution in [2.24, 2.45) is 11.8 Å². The van der Waals surface area contributed by atoms with Crippen molar-refractivity contribution in [2.75, 3.05) is 19.6 Å². The van der Waals surface area contributed by atoms with Crippen LogP contribution < -0.4 is 0 Å². The molecule has 5 rings (SSSR count). The molecule has 2 aromatic rings. The van der Waals surface area contributed by atoms with Gasteiger partial charge in [0.2, 0.25) is 5.91 Å². The molecule has 2 saturated heterocycles. The van der Waals surface area contributed by atoms with Gasteiger partial charge in [0.1, 0.15) is 12.5 Å². The van der Waals surface area contributed by atoms with Crippen LogP contribution in [0.1, 0.15) is 60.4 Å². The normalized spacial score (nSPS) is 24.4. The van der Waals surface area contributed by atoms with Gasteiger partial charge in [-0.05, 0) is 66.6 Å². The fourth-order valence-corrected chi connectivity index (χ4v) is 6.23. The van der Waals surface area contributed by atoms with E-state index < -0.39 is 36.2 Å². The van der Waals surface area contributed by atoms with E-state index in [1.807, 2.05) is 0 Å². The summed E-state index contributed by atoms with van der Waals surface area (Å²) in [6.07, 6.45) is -1.10. The van der Waals surface area contributed by atoms with E-state index >= 15 is 0 Å². The third-order valence-corrected chi connectivity index (χ3v) is 8.20.